The molecule has 0 unspecified atom stereocenters. The molecule has 2 aliphatic rings. The van der Waals surface area contributed by atoms with Crippen LogP contribution in [0.4, 0.5) is 10.5 Å². The van der Waals surface area contributed by atoms with Gasteiger partial charge in [-0.15, -0.1) is 0 Å². The summed E-state index contributed by atoms with van der Waals surface area (Å²) in [5.74, 6) is -0.357. The van der Waals surface area contributed by atoms with E-state index in [-0.39, 0.29) is 17.8 Å². The molecule has 0 radical (unpaired) electrons. The Morgan fingerprint density at radius 1 is 1.24 bits per heavy atom. The van der Waals surface area contributed by atoms with E-state index in [0.29, 0.717) is 37.3 Å². The molecule has 0 aliphatic carbocycles. The Labute approximate surface area is 168 Å². The van der Waals surface area contributed by atoms with Crippen molar-refractivity contribution in [1.82, 2.24) is 20.5 Å². The van der Waals surface area contributed by atoms with Crippen LogP contribution in [-0.4, -0.2) is 53.9 Å². The molecule has 150 valence electrons. The van der Waals surface area contributed by atoms with Gasteiger partial charge in [-0.25, -0.2) is 4.79 Å². The Balaban J connectivity index is 1.51. The number of rotatable bonds is 5. The molecule has 4 rings (SSSR count). The Morgan fingerprint density at radius 2 is 2.03 bits per heavy atom. The largest absolute Gasteiger partial charge is 0.358 e. The second-order valence-electron chi connectivity index (χ2n) is 7.20. The number of amides is 4. The van der Waals surface area contributed by atoms with E-state index in [0.717, 1.165) is 28.2 Å². The molecule has 4 N–H and O–H groups in total. The van der Waals surface area contributed by atoms with E-state index in [1.807, 2.05) is 38.1 Å². The van der Waals surface area contributed by atoms with Gasteiger partial charge in [0.15, 0.2) is 0 Å². The minimum atomic E-state index is -0.197. The normalized spacial score (nSPS) is 16.8. The van der Waals surface area contributed by atoms with Gasteiger partial charge in [-0.1, -0.05) is 18.2 Å². The van der Waals surface area contributed by atoms with E-state index in [4.69, 9.17) is 0 Å². The van der Waals surface area contributed by atoms with Crippen LogP contribution < -0.4 is 16.0 Å². The minimum Gasteiger partial charge on any atom is -0.358 e. The third-order valence-corrected chi connectivity index (χ3v) is 5.31. The summed E-state index contributed by atoms with van der Waals surface area (Å²) in [6.07, 6.45) is 1.79. The summed E-state index contributed by atoms with van der Waals surface area (Å²) in [6, 6.07) is 7.42. The molecule has 3 heterocycles. The highest BCUT2D eigenvalue weighted by Crippen LogP contribution is 2.33. The third-order valence-electron chi connectivity index (χ3n) is 5.31. The number of carbonyl (C=O) groups is 3. The average molecular weight is 393 g/mol. The Kier molecular flexibility index (Phi) is 4.84. The number of anilines is 1. The number of hydrogen-bond acceptors (Lipinski definition) is 3. The highest BCUT2D eigenvalue weighted by Gasteiger charge is 2.25. The van der Waals surface area contributed by atoms with Crippen molar-refractivity contribution in [3.63, 3.8) is 0 Å². The summed E-state index contributed by atoms with van der Waals surface area (Å²) >= 11 is 0. The lowest BCUT2D eigenvalue weighted by atomic mass is 10.0. The number of fused-ring (bicyclic) bond motifs is 1. The van der Waals surface area contributed by atoms with Crippen molar-refractivity contribution in [3.05, 3.63) is 52.3 Å². The molecule has 0 atom stereocenters. The van der Waals surface area contributed by atoms with Crippen LogP contribution in [0.5, 0.6) is 0 Å². The molecule has 0 saturated carbocycles. The van der Waals surface area contributed by atoms with Gasteiger partial charge in [0.1, 0.15) is 0 Å². The van der Waals surface area contributed by atoms with Crippen LogP contribution in [0.15, 0.2) is 24.3 Å². The van der Waals surface area contributed by atoms with Crippen molar-refractivity contribution in [3.8, 4) is 0 Å². The minimum absolute atomic E-state index is 0.0997. The van der Waals surface area contributed by atoms with Crippen molar-refractivity contribution in [1.29, 1.82) is 0 Å². The van der Waals surface area contributed by atoms with E-state index in [2.05, 4.69) is 20.9 Å². The fraction of sp³-hybridized carbons (Fsp3) is 0.286. The summed E-state index contributed by atoms with van der Waals surface area (Å²) in [5, 5.41) is 8.47. The first-order valence-electron chi connectivity index (χ1n) is 9.58. The van der Waals surface area contributed by atoms with Crippen LogP contribution in [0.1, 0.15) is 32.9 Å². The van der Waals surface area contributed by atoms with Crippen LogP contribution >= 0.6 is 0 Å². The molecule has 4 amide bonds. The van der Waals surface area contributed by atoms with Crippen LogP contribution in [-0.2, 0) is 4.79 Å². The fourth-order valence-electron chi connectivity index (χ4n) is 3.80. The molecule has 8 nitrogen and oxygen atoms in total. The highest BCUT2D eigenvalue weighted by atomic mass is 16.2. The standard InChI is InChI=1S/C21H23N5O3/c1-12-17(11-15-14-5-3-4-6-16(14)25-19(15)27)24-13(2)18(12)20(28)22-7-9-26-10-8-23-21(26)29/h3-6,11,24H,7-10H2,1-2H3,(H,22,28)(H,23,29)(H,25,27)/b15-11-. The molecule has 2 aromatic rings. The summed E-state index contributed by atoms with van der Waals surface area (Å²) in [5.41, 5.74) is 5.01. The summed E-state index contributed by atoms with van der Waals surface area (Å²) in [7, 11) is 0. The number of aryl methyl sites for hydroxylation is 1. The lowest BCUT2D eigenvalue weighted by Gasteiger charge is -2.14. The molecular weight excluding hydrogens is 370 g/mol. The quantitative estimate of drug-likeness (QED) is 0.583. The first kappa shape index (κ1) is 18.8. The first-order valence-corrected chi connectivity index (χ1v) is 9.58. The lowest BCUT2D eigenvalue weighted by Crippen LogP contribution is -2.37. The van der Waals surface area contributed by atoms with Gasteiger partial charge in [0.25, 0.3) is 11.8 Å². The van der Waals surface area contributed by atoms with Gasteiger partial charge in [0.2, 0.25) is 0 Å². The second-order valence-corrected chi connectivity index (χ2v) is 7.20. The van der Waals surface area contributed by atoms with Crippen molar-refractivity contribution in [2.75, 3.05) is 31.5 Å². The number of aromatic amines is 1. The number of benzene rings is 1. The summed E-state index contributed by atoms with van der Waals surface area (Å²) in [4.78, 5) is 41.5. The van der Waals surface area contributed by atoms with E-state index in [1.165, 1.54) is 0 Å². The predicted molar refractivity (Wildman–Crippen MR) is 111 cm³/mol. The Morgan fingerprint density at radius 3 is 2.79 bits per heavy atom. The maximum Gasteiger partial charge on any atom is 0.317 e. The van der Waals surface area contributed by atoms with Gasteiger partial charge in [-0.2, -0.15) is 0 Å². The molecule has 1 aromatic carbocycles. The highest BCUT2D eigenvalue weighted by molar-refractivity contribution is 6.34. The zero-order valence-electron chi connectivity index (χ0n) is 16.4. The van der Waals surface area contributed by atoms with Crippen LogP contribution in [0.2, 0.25) is 0 Å². The number of H-pyrrole nitrogens is 1. The maximum absolute atomic E-state index is 12.7. The molecule has 1 aromatic heterocycles. The van der Waals surface area contributed by atoms with E-state index >= 15 is 0 Å². The molecule has 2 aliphatic heterocycles. The van der Waals surface area contributed by atoms with Crippen molar-refractivity contribution < 1.29 is 14.4 Å². The molecule has 1 saturated heterocycles. The summed E-state index contributed by atoms with van der Waals surface area (Å²) < 4.78 is 0. The predicted octanol–water partition coefficient (Wildman–Crippen LogP) is 1.88. The third kappa shape index (κ3) is 3.49. The van der Waals surface area contributed by atoms with E-state index in [9.17, 15) is 14.4 Å². The SMILES string of the molecule is Cc1[nH]c(/C=C2\C(=O)Nc3ccccc32)c(C)c1C(=O)NCCN1CCNC1=O. The van der Waals surface area contributed by atoms with Gasteiger partial charge in [0, 0.05) is 48.8 Å². The van der Waals surface area contributed by atoms with Crippen LogP contribution in [0.3, 0.4) is 0 Å². The smallest absolute Gasteiger partial charge is 0.317 e. The molecule has 0 spiro atoms. The fourth-order valence-corrected chi connectivity index (χ4v) is 3.80. The number of para-hydroxylation sites is 1. The number of aromatic nitrogens is 1. The first-order chi connectivity index (χ1) is 14.0. The topological polar surface area (TPSA) is 106 Å². The zero-order chi connectivity index (χ0) is 20.5. The number of nitrogens with one attached hydrogen (secondary N) is 4. The van der Waals surface area contributed by atoms with E-state index < -0.39 is 0 Å². The Bertz CT molecular complexity index is 1040. The average Bonchev–Trinajstić information content (AvgIpc) is 3.32. The lowest BCUT2D eigenvalue weighted by molar-refractivity contribution is -0.110. The number of urea groups is 1. The van der Waals surface area contributed by atoms with E-state index in [1.54, 1.807) is 11.0 Å². The van der Waals surface area contributed by atoms with Crippen molar-refractivity contribution in [2.45, 2.75) is 13.8 Å². The number of nitrogens with zero attached hydrogens (tertiary/aromatic N) is 1. The Hall–Kier alpha value is -3.55. The molecule has 0 bridgehead atoms. The monoisotopic (exact) mass is 393 g/mol. The van der Waals surface area contributed by atoms with Gasteiger partial charge >= 0.3 is 6.03 Å². The maximum atomic E-state index is 12.7. The zero-order valence-corrected chi connectivity index (χ0v) is 16.4. The summed E-state index contributed by atoms with van der Waals surface area (Å²) in [6.45, 7) is 5.82. The van der Waals surface area contributed by atoms with Gasteiger partial charge in [-0.05, 0) is 31.6 Å². The second kappa shape index (κ2) is 7.46. The van der Waals surface area contributed by atoms with Crippen molar-refractivity contribution >= 4 is 35.2 Å². The molecule has 8 heteroatoms. The molecule has 29 heavy (non-hydrogen) atoms. The number of carbonyl (C=O) groups excluding carboxylic acids is 3. The van der Waals surface area contributed by atoms with Crippen molar-refractivity contribution in [2.24, 2.45) is 0 Å². The molecular formula is C21H23N5O3. The molecule has 1 fully saturated rings. The van der Waals surface area contributed by atoms with Gasteiger partial charge in [0.05, 0.1) is 11.1 Å². The number of hydrogen-bond donors (Lipinski definition) is 4. The van der Waals surface area contributed by atoms with Crippen LogP contribution in [0, 0.1) is 13.8 Å². The van der Waals surface area contributed by atoms with Gasteiger partial charge < -0.3 is 25.8 Å². The van der Waals surface area contributed by atoms with Crippen LogP contribution in [0.25, 0.3) is 11.6 Å². The van der Waals surface area contributed by atoms with Gasteiger partial charge in [-0.3, -0.25) is 9.59 Å².